The molecule has 0 aromatic rings. The molecule has 0 atom stereocenters. The normalized spacial score (nSPS) is 10.5. The van der Waals surface area contributed by atoms with Crippen LogP contribution in [0.25, 0.3) is 0 Å². The van der Waals surface area contributed by atoms with Crippen LogP contribution < -0.4 is 0 Å². The minimum absolute atomic E-state index is 0.0366. The van der Waals surface area contributed by atoms with Gasteiger partial charge in [0.15, 0.2) is 5.12 Å². The molecular formula is C13H26OS. The highest BCUT2D eigenvalue weighted by atomic mass is 32.1. The van der Waals surface area contributed by atoms with Gasteiger partial charge < -0.3 is 0 Å². The second-order valence-electron chi connectivity index (χ2n) is 4.33. The van der Waals surface area contributed by atoms with Gasteiger partial charge in [0.05, 0.1) is 0 Å². The SMILES string of the molecule is CCCCCCCCCCCCC(=O)S. The highest BCUT2D eigenvalue weighted by molar-refractivity contribution is 7.96. The van der Waals surface area contributed by atoms with Crippen LogP contribution >= 0.6 is 12.6 Å². The molecule has 0 saturated heterocycles. The zero-order valence-corrected chi connectivity index (χ0v) is 11.0. The van der Waals surface area contributed by atoms with Gasteiger partial charge in [-0.25, -0.2) is 0 Å². The molecule has 0 spiro atoms. The molecule has 0 aliphatic carbocycles. The Kier molecular flexibility index (Phi) is 12.1. The molecule has 2 heteroatoms. The van der Waals surface area contributed by atoms with Crippen LogP contribution in [0.3, 0.4) is 0 Å². The van der Waals surface area contributed by atoms with Gasteiger partial charge in [-0.15, -0.1) is 12.6 Å². The maximum absolute atomic E-state index is 10.5. The summed E-state index contributed by atoms with van der Waals surface area (Å²) in [4.78, 5) is 10.5. The molecule has 0 aromatic carbocycles. The van der Waals surface area contributed by atoms with Gasteiger partial charge in [0.25, 0.3) is 0 Å². The van der Waals surface area contributed by atoms with Crippen molar-refractivity contribution in [1.29, 1.82) is 0 Å². The van der Waals surface area contributed by atoms with Crippen molar-refractivity contribution in [1.82, 2.24) is 0 Å². The summed E-state index contributed by atoms with van der Waals surface area (Å²) in [6, 6.07) is 0. The predicted octanol–water partition coefficient (Wildman–Crippen LogP) is 4.75. The molecule has 0 aliphatic rings. The lowest BCUT2D eigenvalue weighted by Crippen LogP contribution is -1.86. The zero-order chi connectivity index (χ0) is 11.4. The van der Waals surface area contributed by atoms with Gasteiger partial charge in [-0.05, 0) is 6.42 Å². The summed E-state index contributed by atoms with van der Waals surface area (Å²) >= 11 is 3.75. The Morgan fingerprint density at radius 3 is 1.60 bits per heavy atom. The Balaban J connectivity index is 2.89. The van der Waals surface area contributed by atoms with Crippen molar-refractivity contribution >= 4 is 17.7 Å². The first-order chi connectivity index (χ1) is 7.27. The van der Waals surface area contributed by atoms with Gasteiger partial charge >= 0.3 is 0 Å². The molecule has 0 bridgehead atoms. The monoisotopic (exact) mass is 230 g/mol. The Bertz CT molecular complexity index is 145. The summed E-state index contributed by atoms with van der Waals surface area (Å²) in [6.45, 7) is 2.25. The fourth-order valence-corrected chi connectivity index (χ4v) is 1.92. The largest absolute Gasteiger partial charge is 0.288 e. The average molecular weight is 230 g/mol. The van der Waals surface area contributed by atoms with E-state index < -0.39 is 0 Å². The zero-order valence-electron chi connectivity index (χ0n) is 10.1. The fourth-order valence-electron chi connectivity index (χ4n) is 1.76. The Labute approximate surface area is 100 Å². The lowest BCUT2D eigenvalue weighted by atomic mass is 10.1. The second kappa shape index (κ2) is 12.1. The van der Waals surface area contributed by atoms with Crippen molar-refractivity contribution in [2.24, 2.45) is 0 Å². The van der Waals surface area contributed by atoms with Crippen LogP contribution in [-0.2, 0) is 4.79 Å². The highest BCUT2D eigenvalue weighted by Gasteiger charge is 1.95. The topological polar surface area (TPSA) is 17.1 Å². The van der Waals surface area contributed by atoms with Crippen molar-refractivity contribution < 1.29 is 4.79 Å². The van der Waals surface area contributed by atoms with E-state index in [0.717, 1.165) is 6.42 Å². The summed E-state index contributed by atoms with van der Waals surface area (Å²) in [7, 11) is 0. The van der Waals surface area contributed by atoms with Crippen LogP contribution in [-0.4, -0.2) is 5.12 Å². The molecule has 0 unspecified atom stereocenters. The lowest BCUT2D eigenvalue weighted by molar-refractivity contribution is -0.110. The first kappa shape index (κ1) is 15.0. The van der Waals surface area contributed by atoms with E-state index in [1.807, 2.05) is 0 Å². The van der Waals surface area contributed by atoms with Gasteiger partial charge in [0.1, 0.15) is 0 Å². The quantitative estimate of drug-likeness (QED) is 0.400. The van der Waals surface area contributed by atoms with Crippen LogP contribution in [0.15, 0.2) is 0 Å². The predicted molar refractivity (Wildman–Crippen MR) is 70.5 cm³/mol. The maximum atomic E-state index is 10.5. The fraction of sp³-hybridized carbons (Fsp3) is 0.923. The third kappa shape index (κ3) is 14.0. The lowest BCUT2D eigenvalue weighted by Gasteiger charge is -2.01. The molecule has 0 aliphatic heterocycles. The molecule has 0 saturated carbocycles. The summed E-state index contributed by atoms with van der Waals surface area (Å²) in [5, 5.41) is 0.0366. The molecule has 1 nitrogen and oxygen atoms in total. The standard InChI is InChI=1S/C13H26OS/c1-2-3-4-5-6-7-8-9-10-11-12-13(14)15/h2-12H2,1H3,(H,14,15). The van der Waals surface area contributed by atoms with Crippen molar-refractivity contribution in [3.05, 3.63) is 0 Å². The van der Waals surface area contributed by atoms with E-state index in [4.69, 9.17) is 0 Å². The smallest absolute Gasteiger partial charge is 0.185 e. The van der Waals surface area contributed by atoms with E-state index in [9.17, 15) is 4.79 Å². The third-order valence-electron chi connectivity index (χ3n) is 2.74. The van der Waals surface area contributed by atoms with E-state index in [2.05, 4.69) is 19.6 Å². The summed E-state index contributed by atoms with van der Waals surface area (Å²) in [6.07, 6.45) is 13.8. The van der Waals surface area contributed by atoms with Crippen molar-refractivity contribution in [3.8, 4) is 0 Å². The van der Waals surface area contributed by atoms with Gasteiger partial charge in [-0.2, -0.15) is 0 Å². The summed E-state index contributed by atoms with van der Waals surface area (Å²) < 4.78 is 0. The molecule has 0 radical (unpaired) electrons. The summed E-state index contributed by atoms with van der Waals surface area (Å²) in [5.74, 6) is 0. The first-order valence-electron chi connectivity index (χ1n) is 6.49. The van der Waals surface area contributed by atoms with Crippen LogP contribution in [0.5, 0.6) is 0 Å². The molecule has 90 valence electrons. The van der Waals surface area contributed by atoms with Crippen molar-refractivity contribution in [3.63, 3.8) is 0 Å². The number of hydrogen-bond acceptors (Lipinski definition) is 1. The molecule has 0 N–H and O–H groups in total. The maximum Gasteiger partial charge on any atom is 0.185 e. The van der Waals surface area contributed by atoms with Crippen LogP contribution in [0.2, 0.25) is 0 Å². The number of unbranched alkanes of at least 4 members (excludes halogenated alkanes) is 9. The van der Waals surface area contributed by atoms with Gasteiger partial charge in [0.2, 0.25) is 0 Å². The highest BCUT2D eigenvalue weighted by Crippen LogP contribution is 2.11. The van der Waals surface area contributed by atoms with Crippen LogP contribution in [0.4, 0.5) is 0 Å². The van der Waals surface area contributed by atoms with Gasteiger partial charge in [-0.3, -0.25) is 4.79 Å². The Morgan fingerprint density at radius 1 is 0.800 bits per heavy atom. The molecule has 15 heavy (non-hydrogen) atoms. The number of carbonyl (C=O) groups is 1. The van der Waals surface area contributed by atoms with Crippen LogP contribution in [0.1, 0.15) is 77.6 Å². The second-order valence-corrected chi connectivity index (χ2v) is 4.82. The van der Waals surface area contributed by atoms with Gasteiger partial charge in [-0.1, -0.05) is 64.7 Å². The number of rotatable bonds is 11. The van der Waals surface area contributed by atoms with Crippen LogP contribution in [0, 0.1) is 0 Å². The first-order valence-corrected chi connectivity index (χ1v) is 6.94. The minimum Gasteiger partial charge on any atom is -0.288 e. The molecule has 0 aromatic heterocycles. The average Bonchev–Trinajstić information content (AvgIpc) is 2.20. The van der Waals surface area contributed by atoms with Gasteiger partial charge in [0, 0.05) is 6.42 Å². The number of thiol groups is 1. The molecular weight excluding hydrogens is 204 g/mol. The molecule has 0 fully saturated rings. The Morgan fingerprint density at radius 2 is 1.20 bits per heavy atom. The molecule has 0 amide bonds. The minimum atomic E-state index is 0.0366. The van der Waals surface area contributed by atoms with Crippen molar-refractivity contribution in [2.45, 2.75) is 77.6 Å². The van der Waals surface area contributed by atoms with E-state index >= 15 is 0 Å². The van der Waals surface area contributed by atoms with Crippen molar-refractivity contribution in [2.75, 3.05) is 0 Å². The number of hydrogen-bond donors (Lipinski definition) is 1. The van der Waals surface area contributed by atoms with E-state index in [1.54, 1.807) is 0 Å². The Hall–Kier alpha value is 0.0200. The van der Waals surface area contributed by atoms with E-state index in [0.29, 0.717) is 6.42 Å². The molecule has 0 heterocycles. The van der Waals surface area contributed by atoms with E-state index in [-0.39, 0.29) is 5.12 Å². The summed E-state index contributed by atoms with van der Waals surface area (Å²) in [5.41, 5.74) is 0. The van der Waals surface area contributed by atoms with E-state index in [1.165, 1.54) is 57.8 Å². The number of carbonyl (C=O) groups excluding carboxylic acids is 1. The molecule has 0 rings (SSSR count). The third-order valence-corrected chi connectivity index (χ3v) is 2.97.